The summed E-state index contributed by atoms with van der Waals surface area (Å²) in [5.74, 6) is 0.0103. The zero-order chi connectivity index (χ0) is 20.0. The van der Waals surface area contributed by atoms with E-state index in [1.165, 1.54) is 5.56 Å². The third-order valence-electron chi connectivity index (χ3n) is 5.66. The Bertz CT molecular complexity index is 1170. The molecule has 2 aliphatic rings. The zero-order valence-electron chi connectivity index (χ0n) is 15.9. The maximum Gasteiger partial charge on any atom is 0.192 e. The van der Waals surface area contributed by atoms with Crippen LogP contribution in [0.3, 0.4) is 0 Å². The molecule has 142 valence electrons. The van der Waals surface area contributed by atoms with Gasteiger partial charge in [-0.25, -0.2) is 0 Å². The fourth-order valence-electron chi connectivity index (χ4n) is 4.13. The number of hydrogen-bond donors (Lipinski definition) is 1. The van der Waals surface area contributed by atoms with Crippen molar-refractivity contribution < 1.29 is 4.79 Å². The number of hydrazone groups is 1. The topological polar surface area (TPSA) is 41.5 Å². The fraction of sp³-hybridized carbons (Fsp3) is 0.120. The molecule has 3 aromatic rings. The van der Waals surface area contributed by atoms with Crippen molar-refractivity contribution in [1.82, 2.24) is 5.43 Å². The fourth-order valence-corrected chi connectivity index (χ4v) is 4.25. The molecular formula is C25H19ClN2O. The van der Waals surface area contributed by atoms with Crippen LogP contribution in [0, 0.1) is 6.92 Å². The van der Waals surface area contributed by atoms with Crippen molar-refractivity contribution in [3.63, 3.8) is 0 Å². The van der Waals surface area contributed by atoms with Gasteiger partial charge in [0, 0.05) is 34.1 Å². The summed E-state index contributed by atoms with van der Waals surface area (Å²) in [4.78, 5) is 13.4. The predicted octanol–water partition coefficient (Wildman–Crippen LogP) is 5.74. The Hall–Kier alpha value is -3.17. The summed E-state index contributed by atoms with van der Waals surface area (Å²) in [5, 5.41) is 5.40. The van der Waals surface area contributed by atoms with Crippen LogP contribution in [0.25, 0.3) is 5.70 Å². The Kier molecular flexibility index (Phi) is 4.33. The molecule has 0 amide bonds. The second kappa shape index (κ2) is 7.02. The lowest BCUT2D eigenvalue weighted by atomic mass is 9.83. The first-order valence-electron chi connectivity index (χ1n) is 9.65. The van der Waals surface area contributed by atoms with Gasteiger partial charge >= 0.3 is 0 Å². The predicted molar refractivity (Wildman–Crippen MR) is 117 cm³/mol. The molecule has 1 heterocycles. The summed E-state index contributed by atoms with van der Waals surface area (Å²) in [7, 11) is 0. The average Bonchev–Trinajstić information content (AvgIpc) is 2.89. The van der Waals surface area contributed by atoms with Crippen LogP contribution in [0.5, 0.6) is 0 Å². The van der Waals surface area contributed by atoms with E-state index in [1.54, 1.807) is 0 Å². The minimum Gasteiger partial charge on any atom is -0.289 e. The van der Waals surface area contributed by atoms with Gasteiger partial charge in [-0.2, -0.15) is 5.10 Å². The monoisotopic (exact) mass is 398 g/mol. The highest BCUT2D eigenvalue weighted by atomic mass is 35.5. The lowest BCUT2D eigenvalue weighted by molar-refractivity contribution is 0.103. The first kappa shape index (κ1) is 17.9. The third kappa shape index (κ3) is 3.08. The van der Waals surface area contributed by atoms with Crippen LogP contribution < -0.4 is 5.43 Å². The van der Waals surface area contributed by atoms with Gasteiger partial charge in [-0.1, -0.05) is 77.8 Å². The Balaban J connectivity index is 1.66. The van der Waals surface area contributed by atoms with E-state index < -0.39 is 0 Å². The summed E-state index contributed by atoms with van der Waals surface area (Å²) in [5.41, 5.74) is 10.7. The molecule has 1 aliphatic heterocycles. The molecule has 1 N–H and O–H groups in total. The molecule has 0 radical (unpaired) electrons. The number of allylic oxidation sites excluding steroid dienone is 1. The van der Waals surface area contributed by atoms with Gasteiger partial charge in [0.05, 0.1) is 11.4 Å². The first-order valence-corrected chi connectivity index (χ1v) is 10.0. The first-order chi connectivity index (χ1) is 14.1. The summed E-state index contributed by atoms with van der Waals surface area (Å²) in [6.45, 7) is 2.07. The molecule has 0 saturated carbocycles. The molecule has 4 heteroatoms. The van der Waals surface area contributed by atoms with Gasteiger partial charge in [-0.3, -0.25) is 10.2 Å². The molecule has 5 rings (SSSR count). The number of nitrogens with zero attached hydrogens (tertiary/aromatic N) is 1. The number of fused-ring (bicyclic) bond motifs is 2. The highest BCUT2D eigenvalue weighted by Gasteiger charge is 2.37. The van der Waals surface area contributed by atoms with Gasteiger partial charge < -0.3 is 0 Å². The lowest BCUT2D eigenvalue weighted by Crippen LogP contribution is -2.14. The van der Waals surface area contributed by atoms with E-state index in [1.807, 2.05) is 48.5 Å². The smallest absolute Gasteiger partial charge is 0.192 e. The number of rotatable bonds is 2. The van der Waals surface area contributed by atoms with Crippen molar-refractivity contribution >= 4 is 28.8 Å². The molecule has 0 bridgehead atoms. The standard InChI is InChI=1S/C25H19ClN2O/c1-15-6-8-16(9-7-15)21-14-22(17-10-12-18(26)13-11-17)27-28-24-19-4-2-3-5-20(19)25(29)23(21)24/h2-13,21,28H,14H2,1H3. The van der Waals surface area contributed by atoms with Gasteiger partial charge in [0.1, 0.15) is 0 Å². The molecule has 3 nitrogen and oxygen atoms in total. The van der Waals surface area contributed by atoms with Gasteiger partial charge in [0.25, 0.3) is 0 Å². The lowest BCUT2D eigenvalue weighted by Gasteiger charge is -2.18. The highest BCUT2D eigenvalue weighted by molar-refractivity contribution is 6.30. The Morgan fingerprint density at radius 1 is 0.931 bits per heavy atom. The maximum absolute atomic E-state index is 13.4. The minimum atomic E-state index is -0.0741. The second-order valence-corrected chi connectivity index (χ2v) is 7.94. The van der Waals surface area contributed by atoms with E-state index >= 15 is 0 Å². The van der Waals surface area contributed by atoms with E-state index in [-0.39, 0.29) is 11.7 Å². The summed E-state index contributed by atoms with van der Waals surface area (Å²) >= 11 is 6.07. The Labute approximate surface area is 174 Å². The summed E-state index contributed by atoms with van der Waals surface area (Å²) in [6, 6.07) is 23.9. The molecule has 1 atom stereocenters. The van der Waals surface area contributed by atoms with E-state index in [2.05, 4.69) is 36.6 Å². The van der Waals surface area contributed by atoms with Crippen molar-refractivity contribution in [3.8, 4) is 0 Å². The molecule has 1 aliphatic carbocycles. The molecule has 0 saturated heterocycles. The molecule has 3 aromatic carbocycles. The zero-order valence-corrected chi connectivity index (χ0v) is 16.7. The largest absolute Gasteiger partial charge is 0.289 e. The highest BCUT2D eigenvalue weighted by Crippen LogP contribution is 2.42. The SMILES string of the molecule is Cc1ccc(C2CC(c3ccc(Cl)cc3)=NNC3=C2C(=O)c2ccccc23)cc1. The van der Waals surface area contributed by atoms with Gasteiger partial charge in [0.2, 0.25) is 0 Å². The number of carbonyl (C=O) groups excluding carboxylic acids is 1. The van der Waals surface area contributed by atoms with E-state index in [9.17, 15) is 4.79 Å². The van der Waals surface area contributed by atoms with Gasteiger partial charge in [-0.05, 0) is 30.2 Å². The quantitative estimate of drug-likeness (QED) is 0.598. The minimum absolute atomic E-state index is 0.0741. The van der Waals surface area contributed by atoms with E-state index in [0.29, 0.717) is 11.4 Å². The molecule has 1 unspecified atom stereocenters. The number of aryl methyl sites for hydroxylation is 1. The Morgan fingerprint density at radius 2 is 1.62 bits per heavy atom. The van der Waals surface area contributed by atoms with Crippen LogP contribution in [0.2, 0.25) is 5.02 Å². The number of nitrogens with one attached hydrogen (secondary N) is 1. The van der Waals surface area contributed by atoms with Crippen LogP contribution in [0.15, 0.2) is 83.5 Å². The van der Waals surface area contributed by atoms with Crippen molar-refractivity contribution in [2.24, 2.45) is 5.10 Å². The van der Waals surface area contributed by atoms with Crippen molar-refractivity contribution in [3.05, 3.63) is 111 Å². The normalized spacial score (nSPS) is 17.9. The number of Topliss-reactive ketones (excluding diaryl/α,β-unsaturated/α-hetero) is 1. The van der Waals surface area contributed by atoms with E-state index in [0.717, 1.165) is 39.2 Å². The molecular weight excluding hydrogens is 380 g/mol. The van der Waals surface area contributed by atoms with Crippen molar-refractivity contribution in [2.75, 3.05) is 0 Å². The molecule has 0 spiro atoms. The number of benzene rings is 3. The van der Waals surface area contributed by atoms with E-state index in [4.69, 9.17) is 16.7 Å². The van der Waals surface area contributed by atoms with Crippen LogP contribution >= 0.6 is 11.6 Å². The average molecular weight is 399 g/mol. The van der Waals surface area contributed by atoms with Crippen LogP contribution in [-0.2, 0) is 0 Å². The van der Waals surface area contributed by atoms with Crippen LogP contribution in [0.4, 0.5) is 0 Å². The second-order valence-electron chi connectivity index (χ2n) is 7.51. The third-order valence-corrected chi connectivity index (χ3v) is 5.91. The number of halogens is 1. The van der Waals surface area contributed by atoms with Gasteiger partial charge in [-0.15, -0.1) is 0 Å². The number of carbonyl (C=O) groups is 1. The molecule has 0 aromatic heterocycles. The summed E-state index contributed by atoms with van der Waals surface area (Å²) < 4.78 is 0. The van der Waals surface area contributed by atoms with Crippen molar-refractivity contribution in [2.45, 2.75) is 19.3 Å². The Morgan fingerprint density at radius 3 is 2.34 bits per heavy atom. The summed E-state index contributed by atoms with van der Waals surface area (Å²) in [6.07, 6.45) is 0.635. The molecule has 29 heavy (non-hydrogen) atoms. The van der Waals surface area contributed by atoms with Gasteiger partial charge in [0.15, 0.2) is 5.78 Å². The van der Waals surface area contributed by atoms with Crippen LogP contribution in [0.1, 0.15) is 45.0 Å². The van der Waals surface area contributed by atoms with Crippen LogP contribution in [-0.4, -0.2) is 11.5 Å². The number of hydrogen-bond acceptors (Lipinski definition) is 3. The van der Waals surface area contributed by atoms with Crippen molar-refractivity contribution in [1.29, 1.82) is 0 Å². The molecule has 0 fully saturated rings. The maximum atomic E-state index is 13.4. The number of ketones is 1.